The summed E-state index contributed by atoms with van der Waals surface area (Å²) < 4.78 is 0. The van der Waals surface area contributed by atoms with Crippen LogP contribution in [0.4, 0.5) is 11.4 Å². The smallest absolute Gasteiger partial charge is 0.246 e. The SMILES string of the molecule is C[C@H](NC(=O)CCN)C(=O)Nc1ccc2c(c1)C(=O)c1ccc(NC(=O)[C@H](C)NC(=O)CCN)cc1C2=O. The number of hydrogen-bond donors (Lipinski definition) is 6. The molecule has 1 aliphatic carbocycles. The van der Waals surface area contributed by atoms with E-state index in [0.717, 1.165) is 0 Å². The molecule has 8 N–H and O–H groups in total. The molecular weight excluding hydrogens is 492 g/mol. The van der Waals surface area contributed by atoms with Crippen LogP contribution in [0.2, 0.25) is 0 Å². The second-order valence-electron chi connectivity index (χ2n) is 8.81. The van der Waals surface area contributed by atoms with Crippen LogP contribution in [0.25, 0.3) is 0 Å². The van der Waals surface area contributed by atoms with Gasteiger partial charge in [-0.2, -0.15) is 0 Å². The van der Waals surface area contributed by atoms with Crippen molar-refractivity contribution in [1.82, 2.24) is 10.6 Å². The van der Waals surface area contributed by atoms with Crippen LogP contribution in [0.15, 0.2) is 36.4 Å². The van der Waals surface area contributed by atoms with Crippen molar-refractivity contribution in [2.45, 2.75) is 38.8 Å². The molecule has 2 atom stereocenters. The maximum Gasteiger partial charge on any atom is 0.246 e. The number of carbonyl (C=O) groups excluding carboxylic acids is 6. The van der Waals surface area contributed by atoms with E-state index in [1.54, 1.807) is 0 Å². The minimum Gasteiger partial charge on any atom is -0.345 e. The van der Waals surface area contributed by atoms with Gasteiger partial charge in [-0.15, -0.1) is 0 Å². The van der Waals surface area contributed by atoms with Crippen molar-refractivity contribution in [2.24, 2.45) is 11.5 Å². The number of amides is 4. The quantitative estimate of drug-likeness (QED) is 0.214. The van der Waals surface area contributed by atoms with Gasteiger partial charge in [-0.25, -0.2) is 0 Å². The first kappa shape index (κ1) is 28.2. The fourth-order valence-electron chi connectivity index (χ4n) is 3.83. The molecule has 2 aromatic rings. The molecule has 0 fully saturated rings. The summed E-state index contributed by atoms with van der Waals surface area (Å²) in [5, 5.41) is 10.3. The molecule has 0 spiro atoms. The highest BCUT2D eigenvalue weighted by Gasteiger charge is 2.31. The summed E-state index contributed by atoms with van der Waals surface area (Å²) in [6, 6.07) is 6.98. The van der Waals surface area contributed by atoms with E-state index >= 15 is 0 Å². The van der Waals surface area contributed by atoms with Gasteiger partial charge in [0, 0.05) is 59.6 Å². The number of hydrogen-bond acceptors (Lipinski definition) is 8. The van der Waals surface area contributed by atoms with Crippen LogP contribution in [-0.4, -0.2) is 60.4 Å². The number of benzene rings is 2. The lowest BCUT2D eigenvalue weighted by Crippen LogP contribution is -2.42. The Labute approximate surface area is 218 Å². The first-order valence-corrected chi connectivity index (χ1v) is 12.0. The number of anilines is 2. The molecule has 12 heteroatoms. The van der Waals surface area contributed by atoms with Crippen molar-refractivity contribution in [2.75, 3.05) is 23.7 Å². The molecule has 12 nitrogen and oxygen atoms in total. The van der Waals surface area contributed by atoms with E-state index in [1.165, 1.54) is 50.2 Å². The van der Waals surface area contributed by atoms with E-state index < -0.39 is 35.5 Å². The zero-order valence-electron chi connectivity index (χ0n) is 21.1. The van der Waals surface area contributed by atoms with Gasteiger partial charge in [0.2, 0.25) is 23.6 Å². The van der Waals surface area contributed by atoms with Crippen LogP contribution >= 0.6 is 0 Å². The summed E-state index contributed by atoms with van der Waals surface area (Å²) in [5.41, 5.74) is 11.8. The molecule has 0 saturated heterocycles. The molecule has 2 aromatic carbocycles. The van der Waals surface area contributed by atoms with E-state index in [2.05, 4.69) is 21.3 Å². The first-order valence-electron chi connectivity index (χ1n) is 12.0. The molecule has 0 saturated carbocycles. The molecule has 0 bridgehead atoms. The van der Waals surface area contributed by atoms with Crippen molar-refractivity contribution >= 4 is 46.6 Å². The second kappa shape index (κ2) is 12.2. The van der Waals surface area contributed by atoms with Crippen molar-refractivity contribution in [3.8, 4) is 0 Å². The van der Waals surface area contributed by atoms with Gasteiger partial charge in [-0.1, -0.05) is 0 Å². The number of nitrogens with two attached hydrogens (primary N) is 2. The van der Waals surface area contributed by atoms with E-state index in [0.29, 0.717) is 0 Å². The normalized spacial score (nSPS) is 13.5. The predicted molar refractivity (Wildman–Crippen MR) is 140 cm³/mol. The molecule has 0 aliphatic heterocycles. The van der Waals surface area contributed by atoms with Crippen LogP contribution < -0.4 is 32.7 Å². The highest BCUT2D eigenvalue weighted by atomic mass is 16.2. The molecule has 0 unspecified atom stereocenters. The molecule has 1 aliphatic rings. The van der Waals surface area contributed by atoms with Crippen LogP contribution in [0.5, 0.6) is 0 Å². The molecule has 4 amide bonds. The number of rotatable bonds is 10. The van der Waals surface area contributed by atoms with Gasteiger partial charge in [0.25, 0.3) is 0 Å². The predicted octanol–water partition coefficient (Wildman–Crippen LogP) is 0.0460. The molecule has 0 radical (unpaired) electrons. The van der Waals surface area contributed by atoms with Gasteiger partial charge < -0.3 is 32.7 Å². The van der Waals surface area contributed by atoms with Gasteiger partial charge in [-0.05, 0) is 50.2 Å². The summed E-state index contributed by atoms with van der Waals surface area (Å²) >= 11 is 0. The van der Waals surface area contributed by atoms with Crippen LogP contribution in [0, 0.1) is 0 Å². The summed E-state index contributed by atoms with van der Waals surface area (Å²) in [6.45, 7) is 3.34. The second-order valence-corrected chi connectivity index (χ2v) is 8.81. The number of ketones is 2. The van der Waals surface area contributed by atoms with Crippen LogP contribution in [-0.2, 0) is 19.2 Å². The Bertz CT molecular complexity index is 1210. The Morgan fingerprint density at radius 3 is 1.37 bits per heavy atom. The minimum absolute atomic E-state index is 0.0856. The monoisotopic (exact) mass is 522 g/mol. The molecule has 3 rings (SSSR count). The standard InChI is InChI=1S/C26H30N6O6/c1-13(29-21(33)7-9-27)25(37)31-15-3-5-17-19(11-15)23(35)18-6-4-16(12-20(18)24(17)36)32-26(38)14(2)30-22(34)8-10-28/h3-6,11-14H,7-10,27-28H2,1-2H3,(H,29,33)(H,30,34)(H,31,37)(H,32,38)/t13-,14-/m0/s1. The molecule has 0 aromatic heterocycles. The Balaban J connectivity index is 1.75. The summed E-state index contributed by atoms with van der Waals surface area (Å²) in [6.07, 6.45) is 0.171. The van der Waals surface area contributed by atoms with Crippen LogP contribution in [0.1, 0.15) is 58.5 Å². The fraction of sp³-hybridized carbons (Fsp3) is 0.308. The Kier molecular flexibility index (Phi) is 9.05. The van der Waals surface area contributed by atoms with Crippen molar-refractivity contribution in [3.05, 3.63) is 58.7 Å². The van der Waals surface area contributed by atoms with Crippen molar-refractivity contribution < 1.29 is 28.8 Å². The van der Waals surface area contributed by atoms with Crippen molar-refractivity contribution in [1.29, 1.82) is 0 Å². The van der Waals surface area contributed by atoms with Crippen LogP contribution in [0.3, 0.4) is 0 Å². The highest BCUT2D eigenvalue weighted by Crippen LogP contribution is 2.31. The Morgan fingerprint density at radius 2 is 1.03 bits per heavy atom. The van der Waals surface area contributed by atoms with E-state index in [-0.39, 0.29) is 71.4 Å². The van der Waals surface area contributed by atoms with Gasteiger partial charge in [0.05, 0.1) is 0 Å². The maximum absolute atomic E-state index is 13.2. The minimum atomic E-state index is -0.839. The summed E-state index contributed by atoms with van der Waals surface area (Å²) in [7, 11) is 0. The van der Waals surface area contributed by atoms with E-state index in [9.17, 15) is 28.8 Å². The average molecular weight is 523 g/mol. The summed E-state index contributed by atoms with van der Waals surface area (Å²) in [4.78, 5) is 74.7. The van der Waals surface area contributed by atoms with Gasteiger partial charge in [-0.3, -0.25) is 28.8 Å². The Morgan fingerprint density at radius 1 is 0.658 bits per heavy atom. The molecule has 0 heterocycles. The van der Waals surface area contributed by atoms with Gasteiger partial charge in [0.1, 0.15) is 12.1 Å². The largest absolute Gasteiger partial charge is 0.345 e. The lowest BCUT2D eigenvalue weighted by atomic mass is 9.83. The van der Waals surface area contributed by atoms with E-state index in [1.807, 2.05) is 0 Å². The van der Waals surface area contributed by atoms with Gasteiger partial charge in [0.15, 0.2) is 11.6 Å². The third kappa shape index (κ3) is 6.47. The molecular formula is C26H30N6O6. The lowest BCUT2D eigenvalue weighted by Gasteiger charge is -2.20. The zero-order chi connectivity index (χ0) is 28.0. The number of nitrogens with one attached hydrogen (secondary N) is 4. The Hall–Kier alpha value is -4.42. The van der Waals surface area contributed by atoms with E-state index in [4.69, 9.17) is 11.5 Å². The third-order valence-electron chi connectivity index (χ3n) is 5.84. The first-order chi connectivity index (χ1) is 18.0. The molecule has 200 valence electrons. The topological polar surface area (TPSA) is 203 Å². The number of carbonyl (C=O) groups is 6. The average Bonchev–Trinajstić information content (AvgIpc) is 2.87. The number of fused-ring (bicyclic) bond motifs is 2. The highest BCUT2D eigenvalue weighted by molar-refractivity contribution is 6.29. The third-order valence-corrected chi connectivity index (χ3v) is 5.84. The lowest BCUT2D eigenvalue weighted by molar-refractivity contribution is -0.126. The summed E-state index contributed by atoms with van der Waals surface area (Å²) in [5.74, 6) is -2.57. The fourth-order valence-corrected chi connectivity index (χ4v) is 3.83. The van der Waals surface area contributed by atoms with Crippen molar-refractivity contribution in [3.63, 3.8) is 0 Å². The zero-order valence-corrected chi connectivity index (χ0v) is 21.1. The van der Waals surface area contributed by atoms with Gasteiger partial charge >= 0.3 is 0 Å². The molecule has 38 heavy (non-hydrogen) atoms. The maximum atomic E-state index is 13.2.